The van der Waals surface area contributed by atoms with Gasteiger partial charge in [-0.05, 0) is 32.9 Å². The number of carbonyl (C=O) groups is 2. The van der Waals surface area contributed by atoms with Crippen molar-refractivity contribution in [1.82, 2.24) is 24.8 Å². The molecule has 2 saturated heterocycles. The highest BCUT2D eigenvalue weighted by Gasteiger charge is 2.67. The number of halogens is 3. The van der Waals surface area contributed by atoms with Crippen LogP contribution < -0.4 is 0 Å². The number of aromatic nitrogens is 3. The van der Waals surface area contributed by atoms with Gasteiger partial charge in [0.15, 0.2) is 11.3 Å². The van der Waals surface area contributed by atoms with Gasteiger partial charge in [-0.1, -0.05) is 6.07 Å². The molecule has 0 aliphatic carbocycles. The van der Waals surface area contributed by atoms with Gasteiger partial charge in [0.25, 0.3) is 5.91 Å². The lowest BCUT2D eigenvalue weighted by atomic mass is 9.94. The highest BCUT2D eigenvalue weighted by atomic mass is 19.2. The Balaban J connectivity index is 1.57. The van der Waals surface area contributed by atoms with E-state index in [-0.39, 0.29) is 11.3 Å². The van der Waals surface area contributed by atoms with Crippen molar-refractivity contribution in [2.45, 2.75) is 37.7 Å². The number of carbonyl (C=O) groups excluding carboxylic acids is 2. The van der Waals surface area contributed by atoms with E-state index in [0.29, 0.717) is 0 Å². The highest BCUT2D eigenvalue weighted by Crippen LogP contribution is 2.45. The fourth-order valence-corrected chi connectivity index (χ4v) is 3.98. The lowest BCUT2D eigenvalue weighted by molar-refractivity contribution is 0.0243. The van der Waals surface area contributed by atoms with E-state index in [1.807, 2.05) is 0 Å². The number of benzene rings is 1. The first-order chi connectivity index (χ1) is 14.4. The van der Waals surface area contributed by atoms with E-state index in [2.05, 4.69) is 10.2 Å². The zero-order chi connectivity index (χ0) is 22.6. The molecule has 0 N–H and O–H groups in total. The Morgan fingerprint density at radius 2 is 1.55 bits per heavy atom. The molecule has 166 valence electrons. The number of nitrogens with zero attached hydrogens (tertiary/aromatic N) is 5. The SMILES string of the molecule is CC(C)(C)OC(=O)N1C[C@@]2(F)CN(C(=O)c3c(F)cccc3-n3nccn3)C[C@@]2(F)C1. The molecule has 0 saturated carbocycles. The Morgan fingerprint density at radius 1 is 1.00 bits per heavy atom. The molecule has 2 amide bonds. The molecule has 4 rings (SSSR count). The summed E-state index contributed by atoms with van der Waals surface area (Å²) in [6.07, 6.45) is 1.89. The maximum atomic E-state index is 15.6. The zero-order valence-electron chi connectivity index (χ0n) is 17.3. The topological polar surface area (TPSA) is 80.6 Å². The van der Waals surface area contributed by atoms with Crippen LogP contribution >= 0.6 is 0 Å². The summed E-state index contributed by atoms with van der Waals surface area (Å²) >= 11 is 0. The van der Waals surface area contributed by atoms with Gasteiger partial charge in [0.2, 0.25) is 0 Å². The predicted molar refractivity (Wildman–Crippen MR) is 103 cm³/mol. The molecular weight excluding hydrogens is 415 g/mol. The zero-order valence-corrected chi connectivity index (χ0v) is 17.3. The molecule has 11 heteroatoms. The number of amides is 2. The number of alkyl halides is 2. The monoisotopic (exact) mass is 437 g/mol. The normalized spacial score (nSPS) is 25.6. The second kappa shape index (κ2) is 6.96. The Hall–Kier alpha value is -3.11. The van der Waals surface area contributed by atoms with Crippen molar-refractivity contribution >= 4 is 12.0 Å². The summed E-state index contributed by atoms with van der Waals surface area (Å²) < 4.78 is 50.9. The minimum atomic E-state index is -2.49. The van der Waals surface area contributed by atoms with Crippen LogP contribution in [0, 0.1) is 5.82 Å². The molecule has 2 aromatic rings. The molecular formula is C20H22F3N5O3. The predicted octanol–water partition coefficient (Wildman–Crippen LogP) is 2.53. The van der Waals surface area contributed by atoms with Crippen LogP contribution in [0.4, 0.5) is 18.0 Å². The molecule has 2 fully saturated rings. The van der Waals surface area contributed by atoms with Gasteiger partial charge in [0.05, 0.1) is 38.6 Å². The van der Waals surface area contributed by atoms with Crippen molar-refractivity contribution in [3.8, 4) is 5.69 Å². The van der Waals surface area contributed by atoms with E-state index in [1.54, 1.807) is 20.8 Å². The molecule has 31 heavy (non-hydrogen) atoms. The van der Waals surface area contributed by atoms with Crippen LogP contribution in [0.2, 0.25) is 0 Å². The van der Waals surface area contributed by atoms with E-state index in [0.717, 1.165) is 20.7 Å². The van der Waals surface area contributed by atoms with Crippen molar-refractivity contribution in [2.75, 3.05) is 26.2 Å². The quantitative estimate of drug-likeness (QED) is 0.722. The lowest BCUT2D eigenvalue weighted by Crippen LogP contribution is -2.44. The molecule has 2 aliphatic rings. The molecule has 0 spiro atoms. The van der Waals surface area contributed by atoms with Gasteiger partial charge in [0.1, 0.15) is 22.7 Å². The largest absolute Gasteiger partial charge is 0.444 e. The molecule has 3 heterocycles. The molecule has 8 nitrogen and oxygen atoms in total. The van der Waals surface area contributed by atoms with Crippen LogP contribution in [0.5, 0.6) is 0 Å². The van der Waals surface area contributed by atoms with Gasteiger partial charge in [-0.15, -0.1) is 0 Å². The molecule has 2 aliphatic heterocycles. The van der Waals surface area contributed by atoms with Crippen LogP contribution in [0.15, 0.2) is 30.6 Å². The van der Waals surface area contributed by atoms with Gasteiger partial charge >= 0.3 is 6.09 Å². The summed E-state index contributed by atoms with van der Waals surface area (Å²) in [4.78, 5) is 28.3. The van der Waals surface area contributed by atoms with Crippen LogP contribution in [-0.2, 0) is 4.74 Å². The third-order valence-corrected chi connectivity index (χ3v) is 5.35. The van der Waals surface area contributed by atoms with Crippen LogP contribution in [0.25, 0.3) is 5.69 Å². The van der Waals surface area contributed by atoms with Crippen molar-refractivity contribution in [3.05, 3.63) is 42.0 Å². The summed E-state index contributed by atoms with van der Waals surface area (Å²) in [6, 6.07) is 3.90. The Bertz CT molecular complexity index is 1010. The molecule has 1 aromatic carbocycles. The molecule has 0 radical (unpaired) electrons. The van der Waals surface area contributed by atoms with E-state index < -0.39 is 60.9 Å². The first-order valence-corrected chi connectivity index (χ1v) is 9.73. The van der Waals surface area contributed by atoms with Crippen molar-refractivity contribution < 1.29 is 27.5 Å². The number of hydrogen-bond acceptors (Lipinski definition) is 5. The minimum absolute atomic E-state index is 0.0586. The molecule has 0 unspecified atom stereocenters. The summed E-state index contributed by atoms with van der Waals surface area (Å²) in [7, 11) is 0. The summed E-state index contributed by atoms with van der Waals surface area (Å²) in [5.41, 5.74) is -6.12. The summed E-state index contributed by atoms with van der Waals surface area (Å²) in [5, 5.41) is 7.80. The van der Waals surface area contributed by atoms with Gasteiger partial charge in [-0.25, -0.2) is 18.0 Å². The van der Waals surface area contributed by atoms with Gasteiger partial charge in [-0.2, -0.15) is 15.0 Å². The third kappa shape index (κ3) is 3.61. The molecule has 1 aromatic heterocycles. The number of likely N-dealkylation sites (tertiary alicyclic amines) is 2. The standard InChI is InChI=1S/C20H22F3N5O3/c1-18(2,3)31-17(30)27-11-19(22)9-26(10-20(19,23)12-27)16(29)15-13(21)5-4-6-14(15)28-24-7-8-25-28/h4-8H,9-12H2,1-3H3/t19-,20+. The number of ether oxygens (including phenoxy) is 1. The summed E-state index contributed by atoms with van der Waals surface area (Å²) in [5.74, 6) is -1.73. The summed E-state index contributed by atoms with van der Waals surface area (Å²) in [6.45, 7) is 2.58. The second-order valence-corrected chi connectivity index (χ2v) is 8.88. The van der Waals surface area contributed by atoms with Crippen molar-refractivity contribution in [3.63, 3.8) is 0 Å². The smallest absolute Gasteiger partial charge is 0.410 e. The third-order valence-electron chi connectivity index (χ3n) is 5.35. The number of fused-ring (bicyclic) bond motifs is 1. The number of rotatable bonds is 2. The maximum absolute atomic E-state index is 15.6. The van der Waals surface area contributed by atoms with Crippen LogP contribution in [0.1, 0.15) is 31.1 Å². The van der Waals surface area contributed by atoms with Crippen molar-refractivity contribution in [1.29, 1.82) is 0 Å². The average molecular weight is 437 g/mol. The van der Waals surface area contributed by atoms with E-state index in [9.17, 15) is 14.0 Å². The van der Waals surface area contributed by atoms with Gasteiger partial charge in [-0.3, -0.25) is 4.79 Å². The fraction of sp³-hybridized carbons (Fsp3) is 0.500. The lowest BCUT2D eigenvalue weighted by Gasteiger charge is -2.26. The number of hydrogen-bond donors (Lipinski definition) is 0. The highest BCUT2D eigenvalue weighted by molar-refractivity contribution is 5.98. The van der Waals surface area contributed by atoms with E-state index >= 15 is 8.78 Å². The maximum Gasteiger partial charge on any atom is 0.410 e. The Labute approximate surface area is 176 Å². The second-order valence-electron chi connectivity index (χ2n) is 8.88. The van der Waals surface area contributed by atoms with Gasteiger partial charge < -0.3 is 14.5 Å². The minimum Gasteiger partial charge on any atom is -0.444 e. The van der Waals surface area contributed by atoms with Gasteiger partial charge in [0, 0.05) is 0 Å². The first kappa shape index (κ1) is 21.1. The Morgan fingerprint density at radius 3 is 2.10 bits per heavy atom. The Kier molecular flexibility index (Phi) is 4.74. The molecule has 0 bridgehead atoms. The van der Waals surface area contributed by atoms with E-state index in [1.165, 1.54) is 24.5 Å². The van der Waals surface area contributed by atoms with E-state index in [4.69, 9.17) is 4.74 Å². The average Bonchev–Trinajstić information content (AvgIpc) is 3.32. The van der Waals surface area contributed by atoms with Crippen LogP contribution in [0.3, 0.4) is 0 Å². The van der Waals surface area contributed by atoms with Crippen molar-refractivity contribution in [2.24, 2.45) is 0 Å². The van der Waals surface area contributed by atoms with Crippen LogP contribution in [-0.4, -0.2) is 79.9 Å². The molecule has 2 atom stereocenters. The fourth-order valence-electron chi connectivity index (χ4n) is 3.98. The first-order valence-electron chi connectivity index (χ1n) is 9.73.